The van der Waals surface area contributed by atoms with E-state index in [1.165, 1.54) is 7.11 Å². The Labute approximate surface area is 123 Å². The maximum atomic E-state index is 11.4. The number of anilines is 1. The number of methoxy groups -OCH3 is 1. The smallest absolute Gasteiger partial charge is 0.337 e. The summed E-state index contributed by atoms with van der Waals surface area (Å²) >= 11 is 0. The average molecular weight is 281 g/mol. The standard InChI is InChI=1S/C16H15N3O2/c1-3-12-8-13(14(9-17)15(18)19-12)10-4-6-11(7-5-10)16(20)21-2/h4-8H,3H2,1-2H3,(H2,18,19). The fraction of sp³-hybridized carbons (Fsp3) is 0.188. The van der Waals surface area contributed by atoms with Crippen LogP contribution in [0.2, 0.25) is 0 Å². The van der Waals surface area contributed by atoms with E-state index in [2.05, 4.69) is 15.8 Å². The van der Waals surface area contributed by atoms with Crippen molar-refractivity contribution in [3.8, 4) is 17.2 Å². The minimum atomic E-state index is -0.398. The summed E-state index contributed by atoms with van der Waals surface area (Å²) in [5.41, 5.74) is 8.99. The highest BCUT2D eigenvalue weighted by Gasteiger charge is 2.12. The van der Waals surface area contributed by atoms with Gasteiger partial charge in [0.25, 0.3) is 0 Å². The molecule has 0 unspecified atom stereocenters. The first kappa shape index (κ1) is 14.5. The van der Waals surface area contributed by atoms with Crippen molar-refractivity contribution in [3.63, 3.8) is 0 Å². The summed E-state index contributed by atoms with van der Waals surface area (Å²) in [7, 11) is 1.33. The number of nitrogens with zero attached hydrogens (tertiary/aromatic N) is 2. The molecule has 106 valence electrons. The van der Waals surface area contributed by atoms with Gasteiger partial charge in [0.2, 0.25) is 0 Å². The predicted octanol–water partition coefficient (Wildman–Crippen LogP) is 2.55. The van der Waals surface area contributed by atoms with Gasteiger partial charge in [-0.1, -0.05) is 19.1 Å². The summed E-state index contributed by atoms with van der Waals surface area (Å²) in [5, 5.41) is 9.26. The van der Waals surface area contributed by atoms with Crippen LogP contribution < -0.4 is 5.73 Å². The van der Waals surface area contributed by atoms with E-state index in [9.17, 15) is 10.1 Å². The number of ether oxygens (including phenoxy) is 1. The van der Waals surface area contributed by atoms with E-state index in [1.807, 2.05) is 13.0 Å². The molecule has 5 nitrogen and oxygen atoms in total. The van der Waals surface area contributed by atoms with E-state index in [0.717, 1.165) is 23.2 Å². The summed E-state index contributed by atoms with van der Waals surface area (Å²) < 4.78 is 4.66. The van der Waals surface area contributed by atoms with Crippen LogP contribution in [0.3, 0.4) is 0 Å². The molecule has 2 N–H and O–H groups in total. The zero-order valence-electron chi connectivity index (χ0n) is 11.9. The summed E-state index contributed by atoms with van der Waals surface area (Å²) in [6.07, 6.45) is 0.725. The lowest BCUT2D eigenvalue weighted by Crippen LogP contribution is -2.02. The molecule has 0 aliphatic heterocycles. The van der Waals surface area contributed by atoms with Crippen molar-refractivity contribution in [1.29, 1.82) is 5.26 Å². The molecule has 0 saturated carbocycles. The second-order valence-corrected chi connectivity index (χ2v) is 4.46. The van der Waals surface area contributed by atoms with E-state index in [4.69, 9.17) is 5.73 Å². The van der Waals surface area contributed by atoms with Crippen LogP contribution in [0.1, 0.15) is 28.5 Å². The van der Waals surface area contributed by atoms with E-state index in [1.54, 1.807) is 24.3 Å². The van der Waals surface area contributed by atoms with E-state index in [0.29, 0.717) is 11.1 Å². The molecule has 0 fully saturated rings. The fourth-order valence-corrected chi connectivity index (χ4v) is 2.05. The van der Waals surface area contributed by atoms with Gasteiger partial charge in [0.05, 0.1) is 12.7 Å². The number of benzene rings is 1. The molecule has 21 heavy (non-hydrogen) atoms. The zero-order valence-corrected chi connectivity index (χ0v) is 11.9. The SMILES string of the molecule is CCc1cc(-c2ccc(C(=O)OC)cc2)c(C#N)c(N)n1. The lowest BCUT2D eigenvalue weighted by Gasteiger charge is -2.09. The van der Waals surface area contributed by atoms with Crippen LogP contribution in [0.15, 0.2) is 30.3 Å². The number of esters is 1. The molecular formula is C16H15N3O2. The van der Waals surface area contributed by atoms with E-state index < -0.39 is 5.97 Å². The van der Waals surface area contributed by atoms with Gasteiger partial charge in [0.15, 0.2) is 0 Å². The molecule has 0 aliphatic carbocycles. The quantitative estimate of drug-likeness (QED) is 0.873. The predicted molar refractivity (Wildman–Crippen MR) is 79.5 cm³/mol. The van der Waals surface area contributed by atoms with Crippen molar-refractivity contribution in [2.75, 3.05) is 12.8 Å². The number of carbonyl (C=O) groups is 1. The van der Waals surface area contributed by atoms with Crippen molar-refractivity contribution in [3.05, 3.63) is 47.2 Å². The first-order valence-corrected chi connectivity index (χ1v) is 6.49. The van der Waals surface area contributed by atoms with Crippen molar-refractivity contribution < 1.29 is 9.53 Å². The number of hydrogen-bond acceptors (Lipinski definition) is 5. The fourth-order valence-electron chi connectivity index (χ4n) is 2.05. The Balaban J connectivity index is 2.53. The maximum Gasteiger partial charge on any atom is 0.337 e. The normalized spacial score (nSPS) is 9.95. The van der Waals surface area contributed by atoms with Crippen LogP contribution in [-0.4, -0.2) is 18.1 Å². The van der Waals surface area contributed by atoms with Gasteiger partial charge in [-0.05, 0) is 30.2 Å². The molecule has 0 spiro atoms. The van der Waals surface area contributed by atoms with Gasteiger partial charge < -0.3 is 10.5 Å². The second-order valence-electron chi connectivity index (χ2n) is 4.46. The molecule has 0 atom stereocenters. The van der Waals surface area contributed by atoms with E-state index >= 15 is 0 Å². The van der Waals surface area contributed by atoms with Gasteiger partial charge in [-0.15, -0.1) is 0 Å². The van der Waals surface area contributed by atoms with Crippen molar-refractivity contribution in [2.45, 2.75) is 13.3 Å². The Morgan fingerprint density at radius 3 is 2.57 bits per heavy atom. The van der Waals surface area contributed by atoms with Crippen LogP contribution in [0, 0.1) is 11.3 Å². The van der Waals surface area contributed by atoms with E-state index in [-0.39, 0.29) is 5.82 Å². The van der Waals surface area contributed by atoms with Crippen LogP contribution >= 0.6 is 0 Å². The number of pyridine rings is 1. The summed E-state index contributed by atoms with van der Waals surface area (Å²) in [6.45, 7) is 1.97. The molecular weight excluding hydrogens is 266 g/mol. The molecule has 0 aliphatic rings. The minimum absolute atomic E-state index is 0.226. The molecule has 5 heteroatoms. The molecule has 1 aromatic heterocycles. The van der Waals surface area contributed by atoms with Crippen LogP contribution in [0.5, 0.6) is 0 Å². The van der Waals surface area contributed by atoms with Crippen LogP contribution in [-0.2, 0) is 11.2 Å². The third-order valence-corrected chi connectivity index (χ3v) is 3.19. The number of hydrogen-bond donors (Lipinski definition) is 1. The number of rotatable bonds is 3. The van der Waals surface area contributed by atoms with Gasteiger partial charge in [-0.25, -0.2) is 9.78 Å². The number of aryl methyl sites for hydroxylation is 1. The Hall–Kier alpha value is -2.87. The van der Waals surface area contributed by atoms with Crippen molar-refractivity contribution >= 4 is 11.8 Å². The molecule has 0 bridgehead atoms. The third kappa shape index (κ3) is 2.84. The highest BCUT2D eigenvalue weighted by Crippen LogP contribution is 2.27. The number of nitrogens with two attached hydrogens (primary N) is 1. The highest BCUT2D eigenvalue weighted by atomic mass is 16.5. The second kappa shape index (κ2) is 6.06. The third-order valence-electron chi connectivity index (χ3n) is 3.19. The molecule has 0 radical (unpaired) electrons. The minimum Gasteiger partial charge on any atom is -0.465 e. The topological polar surface area (TPSA) is 89.0 Å². The molecule has 1 aromatic carbocycles. The number of aromatic nitrogens is 1. The summed E-state index contributed by atoms with van der Waals surface area (Å²) in [6, 6.07) is 10.8. The molecule has 0 saturated heterocycles. The van der Waals surface area contributed by atoms with Crippen molar-refractivity contribution in [2.24, 2.45) is 0 Å². The van der Waals surface area contributed by atoms with Gasteiger partial charge in [0.1, 0.15) is 17.5 Å². The zero-order chi connectivity index (χ0) is 15.4. The lowest BCUT2D eigenvalue weighted by atomic mass is 9.99. The molecule has 2 rings (SSSR count). The first-order chi connectivity index (χ1) is 10.1. The number of nitrogen functional groups attached to an aromatic ring is 1. The summed E-state index contributed by atoms with van der Waals surface area (Å²) in [4.78, 5) is 15.6. The molecule has 2 aromatic rings. The Kier molecular flexibility index (Phi) is 4.19. The monoisotopic (exact) mass is 281 g/mol. The number of nitriles is 1. The maximum absolute atomic E-state index is 11.4. The highest BCUT2D eigenvalue weighted by molar-refractivity contribution is 5.90. The van der Waals surface area contributed by atoms with Gasteiger partial charge in [0, 0.05) is 11.3 Å². The van der Waals surface area contributed by atoms with Gasteiger partial charge >= 0.3 is 5.97 Å². The Morgan fingerprint density at radius 2 is 2.05 bits per heavy atom. The lowest BCUT2D eigenvalue weighted by molar-refractivity contribution is 0.0601. The van der Waals surface area contributed by atoms with Crippen LogP contribution in [0.4, 0.5) is 5.82 Å². The van der Waals surface area contributed by atoms with Crippen LogP contribution in [0.25, 0.3) is 11.1 Å². The van der Waals surface area contributed by atoms with Gasteiger partial charge in [-0.2, -0.15) is 5.26 Å². The number of carbonyl (C=O) groups excluding carboxylic acids is 1. The average Bonchev–Trinajstić information content (AvgIpc) is 2.53. The summed E-state index contributed by atoms with van der Waals surface area (Å²) in [5.74, 6) is -0.172. The molecule has 0 amide bonds. The largest absolute Gasteiger partial charge is 0.465 e. The van der Waals surface area contributed by atoms with Crippen molar-refractivity contribution in [1.82, 2.24) is 4.98 Å². The Morgan fingerprint density at radius 1 is 1.38 bits per heavy atom. The first-order valence-electron chi connectivity index (χ1n) is 6.49. The Bertz CT molecular complexity index is 716. The molecule has 1 heterocycles. The van der Waals surface area contributed by atoms with Gasteiger partial charge in [-0.3, -0.25) is 0 Å².